The summed E-state index contributed by atoms with van der Waals surface area (Å²) in [6, 6.07) is 5.89. The van der Waals surface area contributed by atoms with Crippen LogP contribution in [0.5, 0.6) is 0 Å². The van der Waals surface area contributed by atoms with Gasteiger partial charge in [-0.1, -0.05) is 11.6 Å². The van der Waals surface area contributed by atoms with Gasteiger partial charge in [-0.25, -0.2) is 4.98 Å². The summed E-state index contributed by atoms with van der Waals surface area (Å²) in [6.45, 7) is 1.80. The second kappa shape index (κ2) is 6.15. The lowest BCUT2D eigenvalue weighted by atomic mass is 10.0. The number of alkyl halides is 1. The number of fused-ring (bicyclic) bond motifs is 1. The highest BCUT2D eigenvalue weighted by atomic mass is 35.5. The highest BCUT2D eigenvalue weighted by Crippen LogP contribution is 2.50. The van der Waals surface area contributed by atoms with Crippen molar-refractivity contribution in [1.29, 1.82) is 0 Å². The molecule has 0 aliphatic heterocycles. The summed E-state index contributed by atoms with van der Waals surface area (Å²) in [7, 11) is 1.77. The third-order valence-electron chi connectivity index (χ3n) is 4.39. The van der Waals surface area contributed by atoms with Crippen LogP contribution in [0.2, 0.25) is 5.02 Å². The predicted octanol–water partition coefficient (Wildman–Crippen LogP) is 4.29. The smallest absolute Gasteiger partial charge is 0.111 e. The van der Waals surface area contributed by atoms with E-state index in [1.807, 2.05) is 18.2 Å². The molecular weight excluding hydrogens is 307 g/mol. The quantitative estimate of drug-likeness (QED) is 0.710. The fraction of sp³-hybridized carbons (Fsp3) is 0.562. The minimum Gasteiger partial charge on any atom is -0.385 e. The molecule has 0 bridgehead atoms. The van der Waals surface area contributed by atoms with Crippen molar-refractivity contribution in [3.8, 4) is 0 Å². The molecule has 114 valence electrons. The molecule has 1 aromatic carbocycles. The van der Waals surface area contributed by atoms with E-state index in [4.69, 9.17) is 32.9 Å². The molecule has 1 fully saturated rings. The third kappa shape index (κ3) is 3.20. The van der Waals surface area contributed by atoms with Crippen LogP contribution in [0.15, 0.2) is 18.2 Å². The van der Waals surface area contributed by atoms with Crippen molar-refractivity contribution in [2.75, 3.05) is 19.6 Å². The summed E-state index contributed by atoms with van der Waals surface area (Å²) in [5.41, 5.74) is 2.49. The minimum atomic E-state index is 0.368. The molecule has 3 nitrogen and oxygen atoms in total. The van der Waals surface area contributed by atoms with E-state index in [-0.39, 0.29) is 0 Å². The van der Waals surface area contributed by atoms with E-state index >= 15 is 0 Å². The van der Waals surface area contributed by atoms with Gasteiger partial charge in [-0.2, -0.15) is 0 Å². The Labute approximate surface area is 135 Å². The van der Waals surface area contributed by atoms with Crippen LogP contribution in [-0.2, 0) is 17.7 Å². The lowest BCUT2D eigenvalue weighted by Crippen LogP contribution is -2.16. The van der Waals surface area contributed by atoms with Crippen LogP contribution in [0.25, 0.3) is 11.0 Å². The van der Waals surface area contributed by atoms with Gasteiger partial charge in [-0.15, -0.1) is 11.6 Å². The largest absolute Gasteiger partial charge is 0.385 e. The third-order valence-corrected chi connectivity index (χ3v) is 4.82. The molecule has 0 N–H and O–H groups in total. The Bertz CT molecular complexity index is 634. The van der Waals surface area contributed by atoms with E-state index in [2.05, 4.69) is 4.57 Å². The minimum absolute atomic E-state index is 0.368. The first-order valence-electron chi connectivity index (χ1n) is 7.37. The Morgan fingerprint density at radius 3 is 2.86 bits per heavy atom. The number of aromatic nitrogens is 2. The number of rotatable bonds is 7. The molecule has 3 rings (SSSR count). The summed E-state index contributed by atoms with van der Waals surface area (Å²) in [5.74, 6) is 1.65. The molecule has 1 heterocycles. The summed E-state index contributed by atoms with van der Waals surface area (Å²) in [4.78, 5) is 4.72. The van der Waals surface area contributed by atoms with E-state index in [1.165, 1.54) is 12.8 Å². The average molecular weight is 327 g/mol. The Kier molecular flexibility index (Phi) is 4.43. The van der Waals surface area contributed by atoms with Gasteiger partial charge in [0, 0.05) is 37.6 Å². The van der Waals surface area contributed by atoms with Crippen LogP contribution in [0.3, 0.4) is 0 Å². The molecular formula is C16H20Cl2N2O. The van der Waals surface area contributed by atoms with Crippen molar-refractivity contribution in [2.24, 2.45) is 5.41 Å². The number of ether oxygens (including phenoxy) is 1. The van der Waals surface area contributed by atoms with Crippen molar-refractivity contribution < 1.29 is 4.74 Å². The molecule has 1 aliphatic carbocycles. The fourth-order valence-electron chi connectivity index (χ4n) is 2.92. The molecule has 0 amide bonds. The number of aryl methyl sites for hydroxylation is 1. The number of nitrogens with zero attached hydrogens (tertiary/aromatic N) is 2. The van der Waals surface area contributed by atoms with Gasteiger partial charge in [0.25, 0.3) is 0 Å². The highest BCUT2D eigenvalue weighted by molar-refractivity contribution is 6.31. The van der Waals surface area contributed by atoms with E-state index in [1.54, 1.807) is 7.11 Å². The summed E-state index contributed by atoms with van der Waals surface area (Å²) in [6.07, 6.45) is 4.41. The van der Waals surface area contributed by atoms with Crippen LogP contribution in [0.1, 0.15) is 25.1 Å². The van der Waals surface area contributed by atoms with Crippen LogP contribution in [0, 0.1) is 5.41 Å². The molecule has 5 heteroatoms. The molecule has 1 aromatic heterocycles. The summed E-state index contributed by atoms with van der Waals surface area (Å²) in [5, 5.41) is 0.753. The second-order valence-electron chi connectivity index (χ2n) is 5.93. The Hall–Kier alpha value is -0.770. The van der Waals surface area contributed by atoms with Gasteiger partial charge in [-0.3, -0.25) is 0 Å². The van der Waals surface area contributed by atoms with Gasteiger partial charge in [0.05, 0.1) is 11.0 Å². The molecule has 2 aromatic rings. The van der Waals surface area contributed by atoms with Gasteiger partial charge in [0.2, 0.25) is 0 Å². The lowest BCUT2D eigenvalue weighted by molar-refractivity contribution is 0.167. The van der Waals surface area contributed by atoms with E-state index in [9.17, 15) is 0 Å². The number of methoxy groups -OCH3 is 1. The van der Waals surface area contributed by atoms with Crippen LogP contribution < -0.4 is 0 Å². The maximum Gasteiger partial charge on any atom is 0.111 e. The van der Waals surface area contributed by atoms with Crippen LogP contribution in [0.4, 0.5) is 0 Å². The number of imidazole rings is 1. The van der Waals surface area contributed by atoms with Crippen LogP contribution >= 0.6 is 23.2 Å². The zero-order valence-corrected chi connectivity index (χ0v) is 13.8. The monoisotopic (exact) mass is 326 g/mol. The number of benzene rings is 1. The molecule has 21 heavy (non-hydrogen) atoms. The van der Waals surface area contributed by atoms with Crippen molar-refractivity contribution in [3.05, 3.63) is 29.0 Å². The Balaban J connectivity index is 1.95. The molecule has 0 spiro atoms. The standard InChI is InChI=1S/C16H20Cl2N2O/c1-21-9-7-16(5-6-16)11-20-14-10-12(18)2-3-13(14)19-15(20)4-8-17/h2-3,10H,4-9,11H2,1H3. The van der Waals surface area contributed by atoms with Gasteiger partial charge in [0.15, 0.2) is 0 Å². The average Bonchev–Trinajstić information content (AvgIpc) is 3.17. The molecule has 0 atom stereocenters. The van der Waals surface area contributed by atoms with E-state index in [0.717, 1.165) is 47.9 Å². The first kappa shape index (κ1) is 15.1. The number of halogens is 2. The zero-order chi connectivity index (χ0) is 14.9. The van der Waals surface area contributed by atoms with Crippen molar-refractivity contribution in [1.82, 2.24) is 9.55 Å². The van der Waals surface area contributed by atoms with E-state index in [0.29, 0.717) is 11.3 Å². The Morgan fingerprint density at radius 2 is 2.19 bits per heavy atom. The van der Waals surface area contributed by atoms with Gasteiger partial charge in [-0.05, 0) is 42.9 Å². The van der Waals surface area contributed by atoms with Gasteiger partial charge >= 0.3 is 0 Å². The molecule has 0 radical (unpaired) electrons. The maximum atomic E-state index is 6.16. The van der Waals surface area contributed by atoms with Crippen molar-refractivity contribution in [3.63, 3.8) is 0 Å². The number of hydrogen-bond acceptors (Lipinski definition) is 2. The van der Waals surface area contributed by atoms with Gasteiger partial charge < -0.3 is 9.30 Å². The molecule has 1 aliphatic rings. The summed E-state index contributed by atoms with van der Waals surface area (Å²) >= 11 is 12.1. The first-order chi connectivity index (χ1) is 10.2. The second-order valence-corrected chi connectivity index (χ2v) is 6.74. The Morgan fingerprint density at radius 1 is 1.38 bits per heavy atom. The van der Waals surface area contributed by atoms with Crippen molar-refractivity contribution in [2.45, 2.75) is 32.2 Å². The maximum absolute atomic E-state index is 6.16. The fourth-order valence-corrected chi connectivity index (χ4v) is 3.25. The van der Waals surface area contributed by atoms with Crippen molar-refractivity contribution >= 4 is 34.2 Å². The zero-order valence-electron chi connectivity index (χ0n) is 12.2. The van der Waals surface area contributed by atoms with Crippen LogP contribution in [-0.4, -0.2) is 29.1 Å². The topological polar surface area (TPSA) is 27.1 Å². The first-order valence-corrected chi connectivity index (χ1v) is 8.28. The normalized spacial score (nSPS) is 16.5. The predicted molar refractivity (Wildman–Crippen MR) is 87.3 cm³/mol. The van der Waals surface area contributed by atoms with Gasteiger partial charge in [0.1, 0.15) is 5.82 Å². The highest BCUT2D eigenvalue weighted by Gasteiger charge is 2.42. The lowest BCUT2D eigenvalue weighted by Gasteiger charge is -2.18. The molecule has 0 unspecified atom stereocenters. The summed E-state index contributed by atoms with van der Waals surface area (Å²) < 4.78 is 7.57. The number of hydrogen-bond donors (Lipinski definition) is 0. The molecule has 1 saturated carbocycles. The SMILES string of the molecule is COCCC1(Cn2c(CCCl)nc3ccc(Cl)cc32)CC1. The van der Waals surface area contributed by atoms with E-state index < -0.39 is 0 Å². The molecule has 0 saturated heterocycles.